The van der Waals surface area contributed by atoms with Gasteiger partial charge in [0.1, 0.15) is 0 Å². The topological polar surface area (TPSA) is 57.8 Å². The molecule has 0 radical (unpaired) electrons. The first-order valence-electron chi connectivity index (χ1n) is 6.37. The highest BCUT2D eigenvalue weighted by molar-refractivity contribution is 6.33. The van der Waals surface area contributed by atoms with Crippen molar-refractivity contribution in [1.82, 2.24) is 10.2 Å². The highest BCUT2D eigenvalue weighted by atomic mass is 35.5. The lowest BCUT2D eigenvalue weighted by atomic mass is 9.96. The van der Waals surface area contributed by atoms with Crippen LogP contribution in [0.15, 0.2) is 24.3 Å². The number of nitrogens with zero attached hydrogens (tertiary/aromatic N) is 1. The molecular weight excluding hydrogens is 262 g/mol. The molecule has 1 heterocycles. The summed E-state index contributed by atoms with van der Waals surface area (Å²) in [5.41, 5.74) is 3.25. The molecule has 2 N–H and O–H groups in total. The van der Waals surface area contributed by atoms with E-state index in [0.717, 1.165) is 36.9 Å². The molecule has 3 rings (SSSR count). The van der Waals surface area contributed by atoms with Crippen molar-refractivity contribution in [3.8, 4) is 0 Å². The Morgan fingerprint density at radius 3 is 2.89 bits per heavy atom. The van der Waals surface area contributed by atoms with Gasteiger partial charge in [-0.15, -0.1) is 0 Å². The number of aromatic nitrogens is 2. The van der Waals surface area contributed by atoms with Gasteiger partial charge in [0.25, 0.3) is 5.91 Å². The summed E-state index contributed by atoms with van der Waals surface area (Å²) in [6, 6.07) is 7.19. The maximum atomic E-state index is 12.2. The minimum absolute atomic E-state index is 0.201. The number of nitrogens with one attached hydrogen (secondary N) is 2. The van der Waals surface area contributed by atoms with Gasteiger partial charge in [0.15, 0.2) is 5.69 Å². The molecule has 19 heavy (non-hydrogen) atoms. The van der Waals surface area contributed by atoms with Gasteiger partial charge in [-0.1, -0.05) is 23.7 Å². The lowest BCUT2D eigenvalue weighted by Crippen LogP contribution is -2.15. The highest BCUT2D eigenvalue weighted by Crippen LogP contribution is 2.25. The van der Waals surface area contributed by atoms with Gasteiger partial charge < -0.3 is 5.32 Å². The number of hydrogen-bond acceptors (Lipinski definition) is 2. The Labute approximate surface area is 116 Å². The van der Waals surface area contributed by atoms with Crippen LogP contribution in [0.1, 0.15) is 34.6 Å². The average molecular weight is 276 g/mol. The van der Waals surface area contributed by atoms with Crippen molar-refractivity contribution in [2.75, 3.05) is 5.32 Å². The molecule has 1 amide bonds. The largest absolute Gasteiger partial charge is 0.319 e. The molecule has 0 fully saturated rings. The molecular formula is C14H14ClN3O. The Morgan fingerprint density at radius 2 is 2.05 bits per heavy atom. The van der Waals surface area contributed by atoms with Crippen molar-refractivity contribution in [1.29, 1.82) is 0 Å². The fourth-order valence-corrected chi connectivity index (χ4v) is 2.60. The number of amides is 1. The van der Waals surface area contributed by atoms with Crippen LogP contribution in [-0.4, -0.2) is 16.1 Å². The minimum atomic E-state index is -0.201. The summed E-state index contributed by atoms with van der Waals surface area (Å²) >= 11 is 6.03. The van der Waals surface area contributed by atoms with Gasteiger partial charge in [-0.3, -0.25) is 9.89 Å². The van der Waals surface area contributed by atoms with Crippen LogP contribution in [0.2, 0.25) is 5.02 Å². The summed E-state index contributed by atoms with van der Waals surface area (Å²) in [5, 5.41) is 10.4. The van der Waals surface area contributed by atoms with Crippen molar-refractivity contribution < 1.29 is 4.79 Å². The van der Waals surface area contributed by atoms with Crippen LogP contribution in [-0.2, 0) is 12.8 Å². The summed E-state index contributed by atoms with van der Waals surface area (Å²) in [5.74, 6) is -0.201. The number of hydrogen-bond donors (Lipinski definition) is 2. The average Bonchev–Trinajstić information content (AvgIpc) is 2.85. The van der Waals surface area contributed by atoms with E-state index in [-0.39, 0.29) is 5.91 Å². The fourth-order valence-electron chi connectivity index (χ4n) is 2.41. The number of rotatable bonds is 2. The van der Waals surface area contributed by atoms with Crippen LogP contribution in [0.4, 0.5) is 5.69 Å². The number of benzene rings is 1. The molecule has 2 aromatic rings. The Bertz CT molecular complexity index is 621. The first kappa shape index (κ1) is 12.2. The molecule has 1 aromatic carbocycles. The quantitative estimate of drug-likeness (QED) is 0.884. The molecule has 0 spiro atoms. The zero-order chi connectivity index (χ0) is 13.2. The van der Waals surface area contributed by atoms with Crippen molar-refractivity contribution in [3.63, 3.8) is 0 Å². The Hall–Kier alpha value is -1.81. The van der Waals surface area contributed by atoms with E-state index in [2.05, 4.69) is 15.5 Å². The summed E-state index contributed by atoms with van der Waals surface area (Å²) in [4.78, 5) is 12.2. The predicted molar refractivity (Wildman–Crippen MR) is 74.6 cm³/mol. The maximum Gasteiger partial charge on any atom is 0.276 e. The van der Waals surface area contributed by atoms with E-state index in [0.29, 0.717) is 16.4 Å². The molecule has 1 aromatic heterocycles. The monoisotopic (exact) mass is 275 g/mol. The van der Waals surface area contributed by atoms with Crippen molar-refractivity contribution in [2.45, 2.75) is 25.7 Å². The molecule has 0 atom stereocenters. The van der Waals surface area contributed by atoms with Gasteiger partial charge in [-0.05, 0) is 37.8 Å². The second kappa shape index (κ2) is 5.05. The molecule has 5 heteroatoms. The number of H-pyrrole nitrogens is 1. The molecule has 0 saturated carbocycles. The lowest BCUT2D eigenvalue weighted by molar-refractivity contribution is 0.102. The van der Waals surface area contributed by atoms with E-state index in [9.17, 15) is 4.79 Å². The standard InChI is InChI=1S/C14H14ClN3O/c15-10-6-2-4-8-12(10)16-14(19)13-9-5-1-3-7-11(9)17-18-13/h2,4,6,8H,1,3,5,7H2,(H,16,19)(H,17,18). The third-order valence-corrected chi connectivity index (χ3v) is 3.72. The summed E-state index contributed by atoms with van der Waals surface area (Å²) in [6.45, 7) is 0. The molecule has 0 aliphatic heterocycles. The first-order valence-corrected chi connectivity index (χ1v) is 6.75. The van der Waals surface area contributed by atoms with E-state index >= 15 is 0 Å². The third kappa shape index (κ3) is 2.36. The summed E-state index contributed by atoms with van der Waals surface area (Å²) in [6.07, 6.45) is 4.15. The molecule has 0 saturated heterocycles. The van der Waals surface area contributed by atoms with Crippen LogP contribution in [0.25, 0.3) is 0 Å². The Morgan fingerprint density at radius 1 is 1.26 bits per heavy atom. The SMILES string of the molecule is O=C(Nc1ccccc1Cl)c1n[nH]c2c1CCCC2. The molecule has 98 valence electrons. The second-order valence-electron chi connectivity index (χ2n) is 4.67. The van der Waals surface area contributed by atoms with Crippen molar-refractivity contribution in [3.05, 3.63) is 46.2 Å². The molecule has 4 nitrogen and oxygen atoms in total. The van der Waals surface area contributed by atoms with Crippen molar-refractivity contribution >= 4 is 23.2 Å². The van der Waals surface area contributed by atoms with Crippen LogP contribution in [0.5, 0.6) is 0 Å². The number of halogens is 1. The molecule has 0 unspecified atom stereocenters. The molecule has 1 aliphatic carbocycles. The van der Waals surface area contributed by atoms with Crippen LogP contribution < -0.4 is 5.32 Å². The van der Waals surface area contributed by atoms with E-state index in [4.69, 9.17) is 11.6 Å². The number of carbonyl (C=O) groups excluding carboxylic acids is 1. The van der Waals surface area contributed by atoms with Gasteiger partial charge >= 0.3 is 0 Å². The maximum absolute atomic E-state index is 12.2. The van der Waals surface area contributed by atoms with Crippen molar-refractivity contribution in [2.24, 2.45) is 0 Å². The van der Waals surface area contributed by atoms with Gasteiger partial charge in [0, 0.05) is 11.3 Å². The molecule has 0 bridgehead atoms. The van der Waals surface area contributed by atoms with E-state index < -0.39 is 0 Å². The van der Waals surface area contributed by atoms with Crippen LogP contribution in [0.3, 0.4) is 0 Å². The number of para-hydroxylation sites is 1. The van der Waals surface area contributed by atoms with Gasteiger partial charge in [0.05, 0.1) is 10.7 Å². The third-order valence-electron chi connectivity index (χ3n) is 3.39. The van der Waals surface area contributed by atoms with Crippen LogP contribution >= 0.6 is 11.6 Å². The summed E-state index contributed by atoms with van der Waals surface area (Å²) < 4.78 is 0. The normalized spacial score (nSPS) is 13.9. The number of aryl methyl sites for hydroxylation is 1. The highest BCUT2D eigenvalue weighted by Gasteiger charge is 2.21. The first-order chi connectivity index (χ1) is 9.25. The Kier molecular flexibility index (Phi) is 3.25. The lowest BCUT2D eigenvalue weighted by Gasteiger charge is -2.11. The van der Waals surface area contributed by atoms with E-state index in [1.807, 2.05) is 12.1 Å². The van der Waals surface area contributed by atoms with Gasteiger partial charge in [-0.2, -0.15) is 5.10 Å². The second-order valence-corrected chi connectivity index (χ2v) is 5.08. The number of aromatic amines is 1. The zero-order valence-corrected chi connectivity index (χ0v) is 11.1. The molecule has 1 aliphatic rings. The summed E-state index contributed by atoms with van der Waals surface area (Å²) in [7, 11) is 0. The van der Waals surface area contributed by atoms with Crippen LogP contribution in [0, 0.1) is 0 Å². The van der Waals surface area contributed by atoms with E-state index in [1.165, 1.54) is 0 Å². The minimum Gasteiger partial charge on any atom is -0.319 e. The van der Waals surface area contributed by atoms with Gasteiger partial charge in [-0.25, -0.2) is 0 Å². The number of carbonyl (C=O) groups is 1. The predicted octanol–water partition coefficient (Wildman–Crippen LogP) is 3.19. The fraction of sp³-hybridized carbons (Fsp3) is 0.286. The Balaban J connectivity index is 1.85. The zero-order valence-electron chi connectivity index (χ0n) is 10.4. The van der Waals surface area contributed by atoms with Gasteiger partial charge in [0.2, 0.25) is 0 Å². The van der Waals surface area contributed by atoms with E-state index in [1.54, 1.807) is 12.1 Å². The number of fused-ring (bicyclic) bond motifs is 1. The number of anilines is 1. The smallest absolute Gasteiger partial charge is 0.276 e.